The molecule has 0 fully saturated rings. The first-order valence-electron chi connectivity index (χ1n) is 4.97. The van der Waals surface area contributed by atoms with Crippen LogP contribution in [0.15, 0.2) is 34.9 Å². The van der Waals surface area contributed by atoms with Crippen LogP contribution in [0.1, 0.15) is 17.6 Å². The molecule has 1 unspecified atom stereocenters. The zero-order valence-electron chi connectivity index (χ0n) is 8.59. The van der Waals surface area contributed by atoms with E-state index in [4.69, 9.17) is 4.42 Å². The molecule has 0 saturated carbocycles. The number of aliphatic hydroxyl groups excluding tert-OH is 1. The number of hydrogen-bond donors (Lipinski definition) is 2. The number of para-hydroxylation sites is 1. The van der Waals surface area contributed by atoms with Gasteiger partial charge in [0.05, 0.1) is 6.20 Å². The van der Waals surface area contributed by atoms with Crippen LogP contribution in [0.2, 0.25) is 0 Å². The van der Waals surface area contributed by atoms with Gasteiger partial charge in [0.1, 0.15) is 11.5 Å². The van der Waals surface area contributed by atoms with E-state index in [-0.39, 0.29) is 11.3 Å². The number of rotatable bonds is 2. The normalized spacial score (nSPS) is 13.1. The number of hydrogen-bond acceptors (Lipinski definition) is 4. The predicted molar refractivity (Wildman–Crippen MR) is 56.6 cm³/mol. The van der Waals surface area contributed by atoms with E-state index in [0.29, 0.717) is 11.1 Å². The van der Waals surface area contributed by atoms with Crippen LogP contribution in [0.5, 0.6) is 0 Å². The SMILES string of the molecule is OC(c1cn[nH]n1)c1cc2cccc(F)c2o1. The summed E-state index contributed by atoms with van der Waals surface area (Å²) >= 11 is 0. The van der Waals surface area contributed by atoms with Gasteiger partial charge in [-0.2, -0.15) is 15.4 Å². The Hall–Kier alpha value is -2.21. The van der Waals surface area contributed by atoms with E-state index in [1.165, 1.54) is 12.3 Å². The Balaban J connectivity index is 2.10. The highest BCUT2D eigenvalue weighted by molar-refractivity contribution is 5.78. The Labute approximate surface area is 94.9 Å². The van der Waals surface area contributed by atoms with Gasteiger partial charge in [0.25, 0.3) is 0 Å². The second-order valence-corrected chi connectivity index (χ2v) is 3.60. The standard InChI is InChI=1S/C11H8FN3O2/c12-7-3-1-2-6-4-9(17-11(6)7)10(16)8-5-13-15-14-8/h1-5,10,16H,(H,13,14,15). The Morgan fingerprint density at radius 3 is 3.00 bits per heavy atom. The van der Waals surface area contributed by atoms with Crippen molar-refractivity contribution in [3.63, 3.8) is 0 Å². The minimum absolute atomic E-state index is 0.130. The van der Waals surface area contributed by atoms with Gasteiger partial charge in [0, 0.05) is 5.39 Å². The van der Waals surface area contributed by atoms with Gasteiger partial charge in [0.2, 0.25) is 0 Å². The molecule has 0 amide bonds. The molecule has 2 heterocycles. The topological polar surface area (TPSA) is 74.9 Å². The van der Waals surface area contributed by atoms with Crippen LogP contribution in [0.3, 0.4) is 0 Å². The largest absolute Gasteiger partial charge is 0.455 e. The van der Waals surface area contributed by atoms with E-state index in [9.17, 15) is 9.50 Å². The summed E-state index contributed by atoms with van der Waals surface area (Å²) in [5, 5.41) is 20.3. The molecule has 0 saturated heterocycles. The first-order valence-corrected chi connectivity index (χ1v) is 4.97. The molecular formula is C11H8FN3O2. The summed E-state index contributed by atoms with van der Waals surface area (Å²) in [5.74, 6) is -0.222. The van der Waals surface area contributed by atoms with E-state index in [1.54, 1.807) is 18.2 Å². The minimum Gasteiger partial charge on any atom is -0.455 e. The van der Waals surface area contributed by atoms with Crippen LogP contribution in [0.4, 0.5) is 4.39 Å². The van der Waals surface area contributed by atoms with Crippen molar-refractivity contribution >= 4 is 11.0 Å². The third-order valence-electron chi connectivity index (χ3n) is 2.50. The second-order valence-electron chi connectivity index (χ2n) is 3.60. The molecule has 0 aliphatic heterocycles. The van der Waals surface area contributed by atoms with Gasteiger partial charge in [-0.3, -0.25) is 0 Å². The number of fused-ring (bicyclic) bond motifs is 1. The highest BCUT2D eigenvalue weighted by Gasteiger charge is 2.18. The fourth-order valence-corrected chi connectivity index (χ4v) is 1.67. The molecule has 2 N–H and O–H groups in total. The third-order valence-corrected chi connectivity index (χ3v) is 2.50. The van der Waals surface area contributed by atoms with Gasteiger partial charge in [-0.15, -0.1) is 0 Å². The number of benzene rings is 1. The molecule has 86 valence electrons. The van der Waals surface area contributed by atoms with Crippen molar-refractivity contribution in [2.75, 3.05) is 0 Å². The predicted octanol–water partition coefficient (Wildman–Crippen LogP) is 1.77. The molecule has 0 aliphatic rings. The highest BCUT2D eigenvalue weighted by Crippen LogP contribution is 2.28. The molecule has 17 heavy (non-hydrogen) atoms. The van der Waals surface area contributed by atoms with E-state index in [0.717, 1.165) is 0 Å². The summed E-state index contributed by atoms with van der Waals surface area (Å²) in [4.78, 5) is 0. The number of H-pyrrole nitrogens is 1. The van der Waals surface area contributed by atoms with Gasteiger partial charge >= 0.3 is 0 Å². The van der Waals surface area contributed by atoms with Crippen LogP contribution in [0, 0.1) is 5.82 Å². The molecule has 0 radical (unpaired) electrons. The van der Waals surface area contributed by atoms with Gasteiger partial charge in [-0.1, -0.05) is 12.1 Å². The molecule has 1 aromatic carbocycles. The Kier molecular flexibility index (Phi) is 2.15. The number of aliphatic hydroxyl groups is 1. The highest BCUT2D eigenvalue weighted by atomic mass is 19.1. The quantitative estimate of drug-likeness (QED) is 0.707. The average molecular weight is 233 g/mol. The molecule has 0 spiro atoms. The number of nitrogens with one attached hydrogen (secondary N) is 1. The average Bonchev–Trinajstić information content (AvgIpc) is 2.98. The Morgan fingerprint density at radius 2 is 2.29 bits per heavy atom. The lowest BCUT2D eigenvalue weighted by atomic mass is 10.2. The van der Waals surface area contributed by atoms with Crippen molar-refractivity contribution in [1.29, 1.82) is 0 Å². The molecule has 1 atom stereocenters. The molecule has 2 aromatic heterocycles. The van der Waals surface area contributed by atoms with E-state index >= 15 is 0 Å². The van der Waals surface area contributed by atoms with Crippen molar-refractivity contribution in [1.82, 2.24) is 15.4 Å². The second kappa shape index (κ2) is 3.67. The van der Waals surface area contributed by atoms with E-state index in [1.807, 2.05) is 0 Å². The molecule has 3 rings (SSSR count). The monoisotopic (exact) mass is 233 g/mol. The summed E-state index contributed by atoms with van der Waals surface area (Å²) in [6.07, 6.45) is 0.328. The lowest BCUT2D eigenvalue weighted by Crippen LogP contribution is -1.98. The maximum Gasteiger partial charge on any atom is 0.170 e. The van der Waals surface area contributed by atoms with Crippen molar-refractivity contribution < 1.29 is 13.9 Å². The van der Waals surface area contributed by atoms with E-state index < -0.39 is 11.9 Å². The zero-order valence-corrected chi connectivity index (χ0v) is 8.59. The van der Waals surface area contributed by atoms with Crippen LogP contribution in [-0.2, 0) is 0 Å². The number of halogens is 1. The smallest absolute Gasteiger partial charge is 0.170 e. The van der Waals surface area contributed by atoms with Crippen LogP contribution >= 0.6 is 0 Å². The van der Waals surface area contributed by atoms with Crippen LogP contribution in [0.25, 0.3) is 11.0 Å². The Morgan fingerprint density at radius 1 is 1.41 bits per heavy atom. The van der Waals surface area contributed by atoms with Crippen LogP contribution < -0.4 is 0 Å². The lowest BCUT2D eigenvalue weighted by molar-refractivity contribution is 0.187. The van der Waals surface area contributed by atoms with Gasteiger partial charge in [0.15, 0.2) is 17.5 Å². The van der Waals surface area contributed by atoms with Gasteiger partial charge in [-0.25, -0.2) is 4.39 Å². The fraction of sp³-hybridized carbons (Fsp3) is 0.0909. The molecule has 6 heteroatoms. The summed E-state index contributed by atoms with van der Waals surface area (Å²) < 4.78 is 18.7. The number of aromatic amines is 1. The van der Waals surface area contributed by atoms with E-state index in [2.05, 4.69) is 15.4 Å². The molecule has 5 nitrogen and oxygen atoms in total. The summed E-state index contributed by atoms with van der Waals surface area (Å²) in [5.41, 5.74) is 0.453. The zero-order chi connectivity index (χ0) is 11.8. The minimum atomic E-state index is -1.06. The first kappa shape index (κ1) is 9.98. The number of nitrogens with zero attached hydrogens (tertiary/aromatic N) is 2. The molecule has 3 aromatic rings. The van der Waals surface area contributed by atoms with Crippen molar-refractivity contribution in [2.45, 2.75) is 6.10 Å². The molecular weight excluding hydrogens is 225 g/mol. The van der Waals surface area contributed by atoms with Crippen molar-refractivity contribution in [3.05, 3.63) is 47.7 Å². The number of aromatic nitrogens is 3. The fourth-order valence-electron chi connectivity index (χ4n) is 1.67. The maximum absolute atomic E-state index is 13.4. The number of furan rings is 1. The van der Waals surface area contributed by atoms with Crippen molar-refractivity contribution in [3.8, 4) is 0 Å². The summed E-state index contributed by atoms with van der Waals surface area (Å²) in [6, 6.07) is 6.18. The summed E-state index contributed by atoms with van der Waals surface area (Å²) in [7, 11) is 0. The van der Waals surface area contributed by atoms with Crippen LogP contribution in [-0.4, -0.2) is 20.5 Å². The summed E-state index contributed by atoms with van der Waals surface area (Å²) in [6.45, 7) is 0. The Bertz CT molecular complexity index is 648. The van der Waals surface area contributed by atoms with Crippen molar-refractivity contribution in [2.24, 2.45) is 0 Å². The first-order chi connectivity index (χ1) is 8.25. The molecule has 0 aliphatic carbocycles. The lowest BCUT2D eigenvalue weighted by Gasteiger charge is -2.01. The van der Waals surface area contributed by atoms with Gasteiger partial charge < -0.3 is 9.52 Å². The maximum atomic E-state index is 13.4. The third kappa shape index (κ3) is 1.58. The van der Waals surface area contributed by atoms with Gasteiger partial charge in [-0.05, 0) is 12.1 Å². The molecule has 0 bridgehead atoms.